The third-order valence-electron chi connectivity index (χ3n) is 6.67. The first-order valence-electron chi connectivity index (χ1n) is 12.2. The first-order valence-corrected chi connectivity index (χ1v) is 15.2. The molecule has 5 N–H and O–H groups in total. The molecule has 0 radical (unpaired) electrons. The van der Waals surface area contributed by atoms with Crippen LogP contribution in [0.1, 0.15) is 31.2 Å². The molecule has 17 heteroatoms. The highest BCUT2D eigenvalue weighted by Gasteiger charge is 2.47. The fourth-order valence-electron chi connectivity index (χ4n) is 4.80. The number of piperidine rings is 1. The number of hydrogen-bond donors (Lipinski definition) is 4. The highest BCUT2D eigenvalue weighted by atomic mass is 32.2. The summed E-state index contributed by atoms with van der Waals surface area (Å²) in [7, 11) is -4.73. The summed E-state index contributed by atoms with van der Waals surface area (Å²) in [6.45, 7) is -0.239. The summed E-state index contributed by atoms with van der Waals surface area (Å²) in [4.78, 5) is 19.1. The number of carboxylic acids is 2. The molecule has 0 aromatic heterocycles. The van der Waals surface area contributed by atoms with E-state index in [1.54, 1.807) is 0 Å². The Bertz CT molecular complexity index is 1300. The van der Waals surface area contributed by atoms with Crippen LogP contribution in [0.3, 0.4) is 0 Å². The Labute approximate surface area is 230 Å². The van der Waals surface area contributed by atoms with Crippen molar-refractivity contribution in [1.29, 1.82) is 0 Å². The zero-order valence-corrected chi connectivity index (χ0v) is 23.5. The van der Waals surface area contributed by atoms with Gasteiger partial charge in [0.25, 0.3) is 10.2 Å². The quantitative estimate of drug-likeness (QED) is 0.205. The topological polar surface area (TPSA) is 187 Å². The minimum atomic E-state index is -3.72. The molecule has 1 aromatic carbocycles. The van der Waals surface area contributed by atoms with Crippen LogP contribution in [0.2, 0.25) is 0 Å². The Balaban J connectivity index is 0.000000611. The van der Waals surface area contributed by atoms with Crippen molar-refractivity contribution in [1.82, 2.24) is 13.3 Å². The summed E-state index contributed by atoms with van der Waals surface area (Å²) in [6.07, 6.45) is 3.42. The molecule has 2 aliphatic rings. The number of nitrogens with zero attached hydrogens (tertiary/aromatic N) is 2. The molecule has 0 saturated carbocycles. The van der Waals surface area contributed by atoms with Crippen molar-refractivity contribution in [3.8, 4) is 0 Å². The molecule has 12 nitrogen and oxygen atoms in total. The van der Waals surface area contributed by atoms with Gasteiger partial charge < -0.3 is 15.9 Å². The van der Waals surface area contributed by atoms with Crippen LogP contribution in [0.4, 0.5) is 13.2 Å². The van der Waals surface area contributed by atoms with Crippen molar-refractivity contribution in [2.75, 3.05) is 26.4 Å². The zero-order chi connectivity index (χ0) is 30.4. The fraction of sp³-hybridized carbons (Fsp3) is 0.565. The molecule has 0 spiro atoms. The number of fused-ring (bicyclic) bond motifs is 2. The van der Waals surface area contributed by atoms with Gasteiger partial charge in [-0.1, -0.05) is 0 Å². The molecule has 3 rings (SSSR count). The van der Waals surface area contributed by atoms with Gasteiger partial charge in [-0.2, -0.15) is 17.0 Å². The van der Waals surface area contributed by atoms with Gasteiger partial charge in [0.2, 0.25) is 10.0 Å². The maximum Gasteiger partial charge on any atom is 0.328 e. The first kappa shape index (κ1) is 33.6. The Morgan fingerprint density at radius 1 is 1.02 bits per heavy atom. The van der Waals surface area contributed by atoms with Crippen molar-refractivity contribution < 1.29 is 49.8 Å². The summed E-state index contributed by atoms with van der Waals surface area (Å²) < 4.78 is 94.7. The molecule has 2 heterocycles. The van der Waals surface area contributed by atoms with Crippen LogP contribution >= 0.6 is 0 Å². The Morgan fingerprint density at radius 3 is 2.00 bits per heavy atom. The lowest BCUT2D eigenvalue weighted by Crippen LogP contribution is -2.51. The number of benzene rings is 1. The lowest BCUT2D eigenvalue weighted by molar-refractivity contribution is -0.134. The standard InChI is InChI=1S/C19H29F3N4O4S2.C4H4O4/c1-25(2)32(29,30)24-5-6-31(27,28)26-14-3-4-15(26)8-13(7-14)19(23)10-12-9-17(21)18(22)11-16(12)20;5-3(6)1-2-4(7)8/h9,11,13-15,19,24H,3-8,10,23H2,1-2H3;1-2H,(H,5,6)(H,7,8)/b;2-1-/t13?,14?,15?,19-;/m1./s1. The number of nitrogens with two attached hydrogens (primary N) is 1. The van der Waals surface area contributed by atoms with Crippen LogP contribution in [0.5, 0.6) is 0 Å². The van der Waals surface area contributed by atoms with Gasteiger partial charge >= 0.3 is 11.9 Å². The van der Waals surface area contributed by atoms with Crippen molar-refractivity contribution in [2.24, 2.45) is 11.7 Å². The normalized spacial score (nSPS) is 22.2. The third-order valence-corrected chi connectivity index (χ3v) is 10.2. The van der Waals surface area contributed by atoms with E-state index < -0.39 is 55.7 Å². The maximum atomic E-state index is 14.0. The first-order chi connectivity index (χ1) is 18.4. The molecule has 2 bridgehead atoms. The molecule has 3 atom stereocenters. The van der Waals surface area contributed by atoms with E-state index >= 15 is 0 Å². The average Bonchev–Trinajstić information content (AvgIpc) is 3.12. The Hall–Kier alpha value is -2.57. The number of carbonyl (C=O) groups is 2. The molecule has 2 saturated heterocycles. The van der Waals surface area contributed by atoms with Gasteiger partial charge in [0.1, 0.15) is 5.82 Å². The molecule has 1 aromatic rings. The molecule has 2 fully saturated rings. The lowest BCUT2D eigenvalue weighted by atomic mass is 9.83. The smallest absolute Gasteiger partial charge is 0.328 e. The fourth-order valence-corrected chi connectivity index (χ4v) is 7.41. The number of hydrogen-bond acceptors (Lipinski definition) is 7. The van der Waals surface area contributed by atoms with E-state index in [2.05, 4.69) is 4.72 Å². The number of halogens is 3. The van der Waals surface area contributed by atoms with Gasteiger partial charge in [-0.15, -0.1) is 0 Å². The van der Waals surface area contributed by atoms with Gasteiger partial charge in [0.15, 0.2) is 11.6 Å². The Kier molecular flexibility index (Phi) is 11.7. The lowest BCUT2D eigenvalue weighted by Gasteiger charge is -2.40. The molecule has 0 aliphatic carbocycles. The molecule has 2 aliphatic heterocycles. The van der Waals surface area contributed by atoms with Gasteiger partial charge in [-0.3, -0.25) is 0 Å². The van der Waals surface area contributed by atoms with E-state index in [4.69, 9.17) is 15.9 Å². The second kappa shape index (κ2) is 13.9. The van der Waals surface area contributed by atoms with Crippen molar-refractivity contribution in [3.05, 3.63) is 47.3 Å². The van der Waals surface area contributed by atoms with Crippen LogP contribution in [0.15, 0.2) is 24.3 Å². The second-order valence-electron chi connectivity index (χ2n) is 9.68. The number of sulfonamides is 1. The largest absolute Gasteiger partial charge is 0.478 e. The van der Waals surface area contributed by atoms with E-state index in [9.17, 15) is 39.6 Å². The number of carboxylic acid groups (broad SMARTS) is 2. The van der Waals surface area contributed by atoms with E-state index in [1.807, 2.05) is 0 Å². The summed E-state index contributed by atoms with van der Waals surface area (Å²) in [5.41, 5.74) is 6.26. The molecular formula is C23H33F3N4O8S2. The van der Waals surface area contributed by atoms with Gasteiger partial charge in [0.05, 0.1) is 5.75 Å². The molecular weight excluding hydrogens is 581 g/mol. The molecule has 0 amide bonds. The average molecular weight is 615 g/mol. The minimum absolute atomic E-state index is 0.00743. The number of aliphatic carboxylic acids is 2. The van der Waals surface area contributed by atoms with Crippen LogP contribution in [0, 0.1) is 23.4 Å². The molecule has 2 unspecified atom stereocenters. The minimum Gasteiger partial charge on any atom is -0.478 e. The van der Waals surface area contributed by atoms with Crippen LogP contribution in [-0.4, -0.2) is 92.1 Å². The summed E-state index contributed by atoms with van der Waals surface area (Å²) in [6, 6.07) is 0.244. The van der Waals surface area contributed by atoms with E-state index in [-0.39, 0.29) is 42.3 Å². The van der Waals surface area contributed by atoms with Gasteiger partial charge in [-0.05, 0) is 49.7 Å². The van der Waals surface area contributed by atoms with E-state index in [0.29, 0.717) is 43.9 Å². The highest BCUT2D eigenvalue weighted by molar-refractivity contribution is 7.89. The number of rotatable bonds is 11. The summed E-state index contributed by atoms with van der Waals surface area (Å²) in [5, 5.41) is 15.6. The molecule has 226 valence electrons. The monoisotopic (exact) mass is 614 g/mol. The van der Waals surface area contributed by atoms with Crippen LogP contribution < -0.4 is 10.5 Å². The van der Waals surface area contributed by atoms with Crippen molar-refractivity contribution >= 4 is 32.2 Å². The van der Waals surface area contributed by atoms with E-state index in [0.717, 1.165) is 10.4 Å². The summed E-state index contributed by atoms with van der Waals surface area (Å²) in [5.74, 6) is -6.23. The summed E-state index contributed by atoms with van der Waals surface area (Å²) >= 11 is 0. The Morgan fingerprint density at radius 2 is 1.52 bits per heavy atom. The zero-order valence-electron chi connectivity index (χ0n) is 21.8. The third kappa shape index (κ3) is 9.24. The van der Waals surface area contributed by atoms with Gasteiger partial charge in [-0.25, -0.2) is 35.9 Å². The van der Waals surface area contributed by atoms with Crippen LogP contribution in [-0.2, 0) is 36.2 Å². The van der Waals surface area contributed by atoms with Crippen molar-refractivity contribution in [3.63, 3.8) is 0 Å². The van der Waals surface area contributed by atoms with E-state index in [1.165, 1.54) is 18.4 Å². The van der Waals surface area contributed by atoms with Gasteiger partial charge in [0, 0.05) is 57.0 Å². The van der Waals surface area contributed by atoms with Crippen LogP contribution in [0.25, 0.3) is 0 Å². The predicted molar refractivity (Wildman–Crippen MR) is 138 cm³/mol. The van der Waals surface area contributed by atoms with Crippen molar-refractivity contribution in [2.45, 2.75) is 50.2 Å². The molecule has 40 heavy (non-hydrogen) atoms. The predicted octanol–water partition coefficient (Wildman–Crippen LogP) is 0.654. The maximum absolute atomic E-state index is 14.0. The SMILES string of the molecule is CN(C)S(=O)(=O)NCCS(=O)(=O)N1C2CCC1CC([C@H](N)Cc1cc(F)c(F)cc1F)C2.O=C(O)/C=C\C(=O)O. The second-order valence-corrected chi connectivity index (χ2v) is 13.6. The number of nitrogens with one attached hydrogen (secondary N) is 1. The highest BCUT2D eigenvalue weighted by Crippen LogP contribution is 2.42.